The van der Waals surface area contributed by atoms with E-state index >= 15 is 0 Å². The molecule has 168 valence electrons. The lowest BCUT2D eigenvalue weighted by molar-refractivity contribution is 0.276. The molecule has 0 atom stereocenters. The van der Waals surface area contributed by atoms with Crippen molar-refractivity contribution in [1.29, 1.82) is 0 Å². The van der Waals surface area contributed by atoms with Crippen molar-refractivity contribution in [3.8, 4) is 39.7 Å². The smallest absolute Gasteiger partial charge is 0.162 e. The minimum absolute atomic E-state index is 0.177. The standard InChI is InChI=1S/C23H17FN8O2/c1-32-9-15(18(10-33)31-32)16-2-3-17-20(26-16)21(30-29-17)23-27-19-14(4-5-25-22(19)28-23)11-6-12(24)8-13(34)7-11/h2-9,33-34H,10H2,1H3,(H,29,30)(H,25,27,28). The van der Waals surface area contributed by atoms with E-state index in [2.05, 4.69) is 30.2 Å². The Labute approximate surface area is 190 Å². The van der Waals surface area contributed by atoms with Crippen LogP contribution in [-0.2, 0) is 13.7 Å². The van der Waals surface area contributed by atoms with Crippen LogP contribution < -0.4 is 0 Å². The van der Waals surface area contributed by atoms with Crippen molar-refractivity contribution in [1.82, 2.24) is 39.9 Å². The van der Waals surface area contributed by atoms with Crippen LogP contribution in [0.15, 0.2) is 48.8 Å². The molecule has 0 aliphatic heterocycles. The first kappa shape index (κ1) is 20.0. The molecular weight excluding hydrogens is 439 g/mol. The molecule has 6 aromatic rings. The second-order valence-corrected chi connectivity index (χ2v) is 7.83. The highest BCUT2D eigenvalue weighted by Crippen LogP contribution is 2.33. The van der Waals surface area contributed by atoms with Crippen LogP contribution >= 0.6 is 0 Å². The van der Waals surface area contributed by atoms with Gasteiger partial charge in [0.2, 0.25) is 0 Å². The van der Waals surface area contributed by atoms with Gasteiger partial charge in [0, 0.05) is 36.6 Å². The quantitative estimate of drug-likeness (QED) is 0.319. The van der Waals surface area contributed by atoms with Crippen LogP contribution in [0.5, 0.6) is 5.75 Å². The number of aromatic hydroxyl groups is 1. The number of benzene rings is 1. The summed E-state index contributed by atoms with van der Waals surface area (Å²) in [6, 6.07) is 9.23. The van der Waals surface area contributed by atoms with Gasteiger partial charge in [0.25, 0.3) is 0 Å². The average molecular weight is 456 g/mol. The Kier molecular flexibility index (Phi) is 4.39. The van der Waals surface area contributed by atoms with E-state index in [1.54, 1.807) is 30.2 Å². The number of H-pyrrole nitrogens is 2. The molecule has 1 aromatic carbocycles. The summed E-state index contributed by atoms with van der Waals surface area (Å²) in [5.41, 5.74) is 5.72. The fourth-order valence-corrected chi connectivity index (χ4v) is 4.06. The summed E-state index contributed by atoms with van der Waals surface area (Å²) in [6.45, 7) is -0.207. The normalized spacial score (nSPS) is 11.6. The second-order valence-electron chi connectivity index (χ2n) is 7.83. The number of imidazole rings is 1. The molecule has 0 spiro atoms. The molecule has 34 heavy (non-hydrogen) atoms. The Morgan fingerprint density at radius 2 is 1.94 bits per heavy atom. The van der Waals surface area contributed by atoms with E-state index in [4.69, 9.17) is 4.98 Å². The lowest BCUT2D eigenvalue weighted by Crippen LogP contribution is -1.92. The molecule has 0 saturated carbocycles. The van der Waals surface area contributed by atoms with Crippen molar-refractivity contribution < 1.29 is 14.6 Å². The van der Waals surface area contributed by atoms with E-state index in [-0.39, 0.29) is 12.4 Å². The molecule has 0 amide bonds. The van der Waals surface area contributed by atoms with Gasteiger partial charge in [-0.1, -0.05) is 0 Å². The maximum Gasteiger partial charge on any atom is 0.162 e. The zero-order chi connectivity index (χ0) is 23.4. The number of aromatic nitrogens is 8. The third-order valence-corrected chi connectivity index (χ3v) is 5.54. The average Bonchev–Trinajstić information content (AvgIpc) is 3.53. The SMILES string of the molecule is Cn1cc(-c2ccc3[nH]nc(-c4nc5c(-c6cc(O)cc(F)c6)ccnc5[nH]4)c3n2)c(CO)n1. The second kappa shape index (κ2) is 7.46. The Bertz CT molecular complexity index is 1680. The number of halogens is 1. The number of phenols is 1. The number of nitrogens with zero attached hydrogens (tertiary/aromatic N) is 6. The summed E-state index contributed by atoms with van der Waals surface area (Å²) in [5.74, 6) is -0.299. The van der Waals surface area contributed by atoms with E-state index in [1.165, 1.54) is 12.1 Å². The highest BCUT2D eigenvalue weighted by molar-refractivity contribution is 5.95. The number of aryl methyl sites for hydroxylation is 1. The summed E-state index contributed by atoms with van der Waals surface area (Å²) < 4.78 is 15.5. The molecule has 0 saturated heterocycles. The summed E-state index contributed by atoms with van der Waals surface area (Å²) in [5, 5.41) is 31.1. The fourth-order valence-electron chi connectivity index (χ4n) is 4.06. The zero-order valence-corrected chi connectivity index (χ0v) is 17.8. The Balaban J connectivity index is 1.51. The van der Waals surface area contributed by atoms with E-state index in [1.807, 2.05) is 12.1 Å². The van der Waals surface area contributed by atoms with Gasteiger partial charge >= 0.3 is 0 Å². The minimum atomic E-state index is -0.552. The third-order valence-electron chi connectivity index (χ3n) is 5.54. The van der Waals surface area contributed by atoms with Gasteiger partial charge in [-0.3, -0.25) is 9.78 Å². The summed E-state index contributed by atoms with van der Waals surface area (Å²) in [7, 11) is 1.78. The van der Waals surface area contributed by atoms with Crippen LogP contribution in [0.1, 0.15) is 5.69 Å². The van der Waals surface area contributed by atoms with Crippen molar-refractivity contribution in [2.75, 3.05) is 0 Å². The number of pyridine rings is 2. The van der Waals surface area contributed by atoms with Gasteiger partial charge in [-0.2, -0.15) is 10.2 Å². The summed E-state index contributed by atoms with van der Waals surface area (Å²) >= 11 is 0. The molecule has 0 unspecified atom stereocenters. The van der Waals surface area contributed by atoms with Crippen molar-refractivity contribution in [3.05, 3.63) is 60.3 Å². The number of aromatic amines is 2. The van der Waals surface area contributed by atoms with Gasteiger partial charge in [0.15, 0.2) is 17.2 Å². The molecule has 0 fully saturated rings. The van der Waals surface area contributed by atoms with Gasteiger partial charge in [-0.15, -0.1) is 0 Å². The van der Waals surface area contributed by atoms with Crippen LogP contribution in [0.25, 0.3) is 56.1 Å². The number of hydrogen-bond acceptors (Lipinski definition) is 7. The minimum Gasteiger partial charge on any atom is -0.508 e. The lowest BCUT2D eigenvalue weighted by Gasteiger charge is -2.03. The fraction of sp³-hybridized carbons (Fsp3) is 0.0870. The van der Waals surface area contributed by atoms with Crippen LogP contribution in [0.3, 0.4) is 0 Å². The molecule has 4 N–H and O–H groups in total. The van der Waals surface area contributed by atoms with Gasteiger partial charge in [0.1, 0.15) is 22.6 Å². The number of phenolic OH excluding ortho intramolecular Hbond substituents is 1. The summed E-state index contributed by atoms with van der Waals surface area (Å²) in [6.07, 6.45) is 3.38. The van der Waals surface area contributed by atoms with Gasteiger partial charge in [0.05, 0.1) is 23.5 Å². The molecule has 0 aliphatic carbocycles. The van der Waals surface area contributed by atoms with E-state index in [9.17, 15) is 14.6 Å². The zero-order valence-electron chi connectivity index (χ0n) is 17.8. The molecule has 11 heteroatoms. The Morgan fingerprint density at radius 1 is 1.06 bits per heavy atom. The van der Waals surface area contributed by atoms with Crippen molar-refractivity contribution in [3.63, 3.8) is 0 Å². The van der Waals surface area contributed by atoms with Crippen molar-refractivity contribution in [2.45, 2.75) is 6.61 Å². The summed E-state index contributed by atoms with van der Waals surface area (Å²) in [4.78, 5) is 16.9. The number of hydrogen-bond donors (Lipinski definition) is 4. The van der Waals surface area contributed by atoms with E-state index in [0.29, 0.717) is 56.2 Å². The molecule has 10 nitrogen and oxygen atoms in total. The predicted octanol–water partition coefficient (Wildman–Crippen LogP) is 3.30. The number of aliphatic hydroxyl groups is 1. The Hall–Kier alpha value is -4.64. The first-order valence-electron chi connectivity index (χ1n) is 10.3. The number of nitrogens with one attached hydrogen (secondary N) is 2. The van der Waals surface area contributed by atoms with E-state index < -0.39 is 5.82 Å². The maximum absolute atomic E-state index is 13.9. The first-order chi connectivity index (χ1) is 16.5. The molecule has 0 aliphatic rings. The molecule has 5 aromatic heterocycles. The topological polar surface area (TPSA) is 141 Å². The third kappa shape index (κ3) is 3.18. The van der Waals surface area contributed by atoms with Gasteiger partial charge in [-0.25, -0.2) is 19.3 Å². The highest BCUT2D eigenvalue weighted by Gasteiger charge is 2.19. The van der Waals surface area contributed by atoms with Crippen molar-refractivity contribution >= 4 is 22.2 Å². The van der Waals surface area contributed by atoms with Crippen LogP contribution in [0, 0.1) is 5.82 Å². The van der Waals surface area contributed by atoms with Crippen molar-refractivity contribution in [2.24, 2.45) is 7.05 Å². The largest absolute Gasteiger partial charge is 0.508 e. The van der Waals surface area contributed by atoms with Crippen LogP contribution in [-0.4, -0.2) is 50.1 Å². The molecule has 0 bridgehead atoms. The van der Waals surface area contributed by atoms with Crippen LogP contribution in [0.2, 0.25) is 0 Å². The highest BCUT2D eigenvalue weighted by atomic mass is 19.1. The van der Waals surface area contributed by atoms with Gasteiger partial charge in [-0.05, 0) is 35.9 Å². The molecular formula is C23H17FN8O2. The monoisotopic (exact) mass is 456 g/mol. The molecule has 6 rings (SSSR count). The van der Waals surface area contributed by atoms with Gasteiger partial charge < -0.3 is 15.2 Å². The van der Waals surface area contributed by atoms with E-state index in [0.717, 1.165) is 11.6 Å². The molecule has 5 heterocycles. The Morgan fingerprint density at radius 3 is 2.76 bits per heavy atom. The maximum atomic E-state index is 13.9. The number of aliphatic hydroxyl groups excluding tert-OH is 1. The predicted molar refractivity (Wildman–Crippen MR) is 122 cm³/mol. The number of fused-ring (bicyclic) bond motifs is 2. The molecule has 0 radical (unpaired) electrons. The lowest BCUT2D eigenvalue weighted by atomic mass is 10.1. The first-order valence-corrected chi connectivity index (χ1v) is 10.3. The van der Waals surface area contributed by atoms with Crippen LogP contribution in [0.4, 0.5) is 4.39 Å². The number of rotatable bonds is 4.